The second kappa shape index (κ2) is 8.58. The van der Waals surface area contributed by atoms with Gasteiger partial charge in [0.15, 0.2) is 0 Å². The first-order valence-electron chi connectivity index (χ1n) is 9.02. The maximum Gasteiger partial charge on any atom is 0.251 e. The molecule has 6 heteroatoms. The Kier molecular flexibility index (Phi) is 5.96. The van der Waals surface area contributed by atoms with E-state index in [1.54, 1.807) is 25.1 Å². The fourth-order valence-electron chi connectivity index (χ4n) is 3.34. The van der Waals surface area contributed by atoms with Crippen LogP contribution in [0.3, 0.4) is 0 Å². The van der Waals surface area contributed by atoms with Crippen molar-refractivity contribution in [3.8, 4) is 11.5 Å². The van der Waals surface area contributed by atoms with Crippen LogP contribution in [0.1, 0.15) is 28.8 Å². The minimum absolute atomic E-state index is 0.117. The second-order valence-corrected chi connectivity index (χ2v) is 6.49. The lowest BCUT2D eigenvalue weighted by Crippen LogP contribution is -2.37. The lowest BCUT2D eigenvalue weighted by Gasteiger charge is -2.29. The predicted molar refractivity (Wildman–Crippen MR) is 104 cm³/mol. The molecule has 1 aliphatic rings. The molecule has 2 aromatic rings. The third-order valence-electron chi connectivity index (χ3n) is 4.72. The van der Waals surface area contributed by atoms with Crippen molar-refractivity contribution in [1.82, 2.24) is 5.32 Å². The van der Waals surface area contributed by atoms with Crippen molar-refractivity contribution < 1.29 is 19.1 Å². The average molecular weight is 368 g/mol. The molecule has 0 aliphatic carbocycles. The normalized spacial score (nSPS) is 16.5. The number of carbonyl (C=O) groups is 2. The van der Waals surface area contributed by atoms with Crippen LogP contribution in [0.4, 0.5) is 5.69 Å². The molecule has 6 nitrogen and oxygen atoms in total. The Morgan fingerprint density at radius 2 is 2.04 bits per heavy atom. The van der Waals surface area contributed by atoms with E-state index in [0.29, 0.717) is 12.1 Å². The van der Waals surface area contributed by atoms with Crippen molar-refractivity contribution in [3.05, 3.63) is 53.6 Å². The van der Waals surface area contributed by atoms with Crippen molar-refractivity contribution in [1.29, 1.82) is 0 Å². The molecule has 0 saturated heterocycles. The van der Waals surface area contributed by atoms with Gasteiger partial charge in [-0.2, -0.15) is 0 Å². The van der Waals surface area contributed by atoms with Gasteiger partial charge < -0.3 is 19.7 Å². The number of aryl methyl sites for hydroxylation is 1. The van der Waals surface area contributed by atoms with Crippen molar-refractivity contribution >= 4 is 18.0 Å². The Hall–Kier alpha value is -3.02. The number of benzene rings is 2. The molecular formula is C21H24N2O4. The highest BCUT2D eigenvalue weighted by molar-refractivity contribution is 5.95. The van der Waals surface area contributed by atoms with Gasteiger partial charge in [0.1, 0.15) is 17.6 Å². The van der Waals surface area contributed by atoms with E-state index in [9.17, 15) is 9.59 Å². The molecule has 0 spiro atoms. The summed E-state index contributed by atoms with van der Waals surface area (Å²) in [6.45, 7) is 0.451. The summed E-state index contributed by atoms with van der Waals surface area (Å²) in [6, 6.07) is 12.9. The topological polar surface area (TPSA) is 67.9 Å². The van der Waals surface area contributed by atoms with Gasteiger partial charge in [0.05, 0.1) is 13.7 Å². The van der Waals surface area contributed by atoms with Gasteiger partial charge in [-0.05, 0) is 55.2 Å². The molecule has 0 fully saturated rings. The van der Waals surface area contributed by atoms with Gasteiger partial charge in [0.2, 0.25) is 6.41 Å². The zero-order chi connectivity index (χ0) is 19.2. The third kappa shape index (κ3) is 4.39. The smallest absolute Gasteiger partial charge is 0.251 e. The van der Waals surface area contributed by atoms with Gasteiger partial charge in [-0.25, -0.2) is 0 Å². The highest BCUT2D eigenvalue weighted by atomic mass is 16.5. The highest BCUT2D eigenvalue weighted by Gasteiger charge is 2.22. The van der Waals surface area contributed by atoms with E-state index in [0.717, 1.165) is 48.4 Å². The van der Waals surface area contributed by atoms with Crippen LogP contribution in [0.25, 0.3) is 0 Å². The Morgan fingerprint density at radius 3 is 2.78 bits per heavy atom. The lowest BCUT2D eigenvalue weighted by atomic mass is 9.98. The Labute approximate surface area is 159 Å². The van der Waals surface area contributed by atoms with Crippen LogP contribution in [-0.4, -0.2) is 39.1 Å². The number of rotatable bonds is 5. The summed E-state index contributed by atoms with van der Waals surface area (Å²) >= 11 is 0. The van der Waals surface area contributed by atoms with E-state index in [1.807, 2.05) is 36.4 Å². The first kappa shape index (κ1) is 18.8. The number of nitrogens with zero attached hydrogens (tertiary/aromatic N) is 1. The molecule has 1 atom stereocenters. The van der Waals surface area contributed by atoms with E-state index < -0.39 is 0 Å². The summed E-state index contributed by atoms with van der Waals surface area (Å²) in [5, 5.41) is 2.63. The van der Waals surface area contributed by atoms with E-state index in [-0.39, 0.29) is 12.0 Å². The number of anilines is 1. The molecule has 1 heterocycles. The first-order valence-corrected chi connectivity index (χ1v) is 9.02. The molecule has 1 aliphatic heterocycles. The predicted octanol–water partition coefficient (Wildman–Crippen LogP) is 2.80. The number of hydrogen-bond acceptors (Lipinski definition) is 4. The number of carbonyl (C=O) groups excluding carboxylic acids is 2. The van der Waals surface area contributed by atoms with Crippen LogP contribution < -0.4 is 19.7 Å². The summed E-state index contributed by atoms with van der Waals surface area (Å²) < 4.78 is 11.4. The van der Waals surface area contributed by atoms with Gasteiger partial charge in [-0.15, -0.1) is 0 Å². The molecule has 0 radical (unpaired) electrons. The number of amides is 2. The Morgan fingerprint density at radius 1 is 1.22 bits per heavy atom. The molecule has 0 bridgehead atoms. The summed E-state index contributed by atoms with van der Waals surface area (Å²) in [5.74, 6) is 1.33. The van der Waals surface area contributed by atoms with Crippen molar-refractivity contribution in [2.24, 2.45) is 0 Å². The first-order chi connectivity index (χ1) is 13.1. The van der Waals surface area contributed by atoms with Crippen LogP contribution in [0, 0.1) is 0 Å². The van der Waals surface area contributed by atoms with E-state index >= 15 is 0 Å². The van der Waals surface area contributed by atoms with Crippen LogP contribution in [0.5, 0.6) is 11.5 Å². The molecule has 3 rings (SSSR count). The van der Waals surface area contributed by atoms with Gasteiger partial charge in [-0.1, -0.05) is 6.07 Å². The second-order valence-electron chi connectivity index (χ2n) is 6.49. The minimum atomic E-state index is -0.128. The van der Waals surface area contributed by atoms with E-state index in [1.165, 1.54) is 0 Å². The standard InChI is InChI=1S/C21H24N2O4/c1-22-21(25)16-9-10-20-15(11-16)5-3-8-19(13-23(20)14-24)27-18-7-4-6-17(12-18)26-2/h4,6-7,9-12,14,19H,3,5,8,13H2,1-2H3,(H,22,25)/t19-/m0/s1. The third-order valence-corrected chi connectivity index (χ3v) is 4.72. The van der Waals surface area contributed by atoms with Crippen LogP contribution >= 0.6 is 0 Å². The van der Waals surface area contributed by atoms with Crippen LogP contribution in [0.15, 0.2) is 42.5 Å². The minimum Gasteiger partial charge on any atom is -0.497 e. The molecule has 0 unspecified atom stereocenters. The maximum absolute atomic E-state index is 11.9. The fourth-order valence-corrected chi connectivity index (χ4v) is 3.34. The van der Waals surface area contributed by atoms with E-state index in [4.69, 9.17) is 9.47 Å². The van der Waals surface area contributed by atoms with Gasteiger partial charge >= 0.3 is 0 Å². The van der Waals surface area contributed by atoms with Crippen molar-refractivity contribution in [2.45, 2.75) is 25.4 Å². The number of nitrogens with one attached hydrogen (secondary N) is 1. The molecule has 1 N–H and O–H groups in total. The van der Waals surface area contributed by atoms with Crippen LogP contribution in [-0.2, 0) is 11.2 Å². The van der Waals surface area contributed by atoms with Crippen molar-refractivity contribution in [3.63, 3.8) is 0 Å². The molecule has 2 amide bonds. The molecule has 2 aromatic carbocycles. The molecule has 0 saturated carbocycles. The van der Waals surface area contributed by atoms with Gasteiger partial charge in [-0.3, -0.25) is 9.59 Å². The Bertz CT molecular complexity index is 822. The highest BCUT2D eigenvalue weighted by Crippen LogP contribution is 2.28. The molecule has 27 heavy (non-hydrogen) atoms. The zero-order valence-electron chi connectivity index (χ0n) is 15.6. The molecular weight excluding hydrogens is 344 g/mol. The number of hydrogen-bond donors (Lipinski definition) is 1. The van der Waals surface area contributed by atoms with Crippen molar-refractivity contribution in [2.75, 3.05) is 25.6 Å². The SMILES string of the molecule is CNC(=O)c1ccc2c(c1)CCC[C@H](Oc1cccc(OC)c1)CN2C=O. The summed E-state index contributed by atoms with van der Waals surface area (Å²) in [4.78, 5) is 25.3. The zero-order valence-corrected chi connectivity index (χ0v) is 15.6. The monoisotopic (exact) mass is 368 g/mol. The summed E-state index contributed by atoms with van der Waals surface area (Å²) in [7, 11) is 3.23. The van der Waals surface area contributed by atoms with E-state index in [2.05, 4.69) is 5.32 Å². The van der Waals surface area contributed by atoms with Gasteiger partial charge in [0, 0.05) is 24.4 Å². The molecule has 142 valence electrons. The Balaban J connectivity index is 1.81. The fraction of sp³-hybridized carbons (Fsp3) is 0.333. The number of fused-ring (bicyclic) bond motifs is 1. The average Bonchev–Trinajstić information content (AvgIpc) is 2.69. The summed E-state index contributed by atoms with van der Waals surface area (Å²) in [5.41, 5.74) is 2.44. The lowest BCUT2D eigenvalue weighted by molar-refractivity contribution is -0.107. The number of methoxy groups -OCH3 is 1. The largest absolute Gasteiger partial charge is 0.497 e. The molecule has 0 aromatic heterocycles. The van der Waals surface area contributed by atoms with Gasteiger partial charge in [0.25, 0.3) is 5.91 Å². The summed E-state index contributed by atoms with van der Waals surface area (Å²) in [6.07, 6.45) is 3.21. The number of ether oxygens (including phenoxy) is 2. The van der Waals surface area contributed by atoms with Crippen LogP contribution in [0.2, 0.25) is 0 Å². The quantitative estimate of drug-likeness (QED) is 0.824. The maximum atomic E-state index is 11.9.